The second-order valence-corrected chi connectivity index (χ2v) is 3.78. The monoisotopic (exact) mass is 224 g/mol. The smallest absolute Gasteiger partial charge is 0.0763 e. The minimum Gasteiger partial charge on any atom is -0.403 e. The summed E-state index contributed by atoms with van der Waals surface area (Å²) in [5.41, 5.74) is 7.83. The Balaban J connectivity index is 2.32. The predicted octanol–water partition coefficient (Wildman–Crippen LogP) is 2.80. The normalized spacial score (nSPS) is 10.9. The number of benzene rings is 2. The lowest BCUT2D eigenvalue weighted by atomic mass is 9.99. The number of rotatable bonds is 4. The first-order chi connectivity index (χ1) is 8.42. The van der Waals surface area contributed by atoms with Crippen LogP contribution in [0.3, 0.4) is 0 Å². The highest BCUT2D eigenvalue weighted by molar-refractivity contribution is 5.31. The van der Waals surface area contributed by atoms with E-state index in [0.717, 1.165) is 0 Å². The molecule has 0 spiro atoms. The number of hydrogen-bond donors (Lipinski definition) is 2. The molecule has 2 nitrogen and oxygen atoms in total. The Labute approximate surface area is 102 Å². The molecule has 2 rings (SSSR count). The molecule has 2 heteroatoms. The average molecular weight is 224 g/mol. The number of nitrogens with two attached hydrogens (primary N) is 1. The van der Waals surface area contributed by atoms with Crippen LogP contribution in [0.5, 0.6) is 0 Å². The first-order valence-electron chi connectivity index (χ1n) is 5.64. The lowest BCUT2D eigenvalue weighted by Gasteiger charge is -2.18. The van der Waals surface area contributed by atoms with Crippen LogP contribution < -0.4 is 11.1 Å². The van der Waals surface area contributed by atoms with Gasteiger partial charge >= 0.3 is 0 Å². The van der Waals surface area contributed by atoms with Gasteiger partial charge in [0.15, 0.2) is 0 Å². The van der Waals surface area contributed by atoms with E-state index in [1.165, 1.54) is 17.3 Å². The van der Waals surface area contributed by atoms with Crippen molar-refractivity contribution in [2.75, 3.05) is 0 Å². The first-order valence-corrected chi connectivity index (χ1v) is 5.64. The standard InChI is InChI=1S/C15H16N2/c16-11-12-17-15(13-7-3-1-4-8-13)14-9-5-2-6-10-14/h1-12,15,17H,16H2. The van der Waals surface area contributed by atoms with Gasteiger partial charge in [0.2, 0.25) is 0 Å². The van der Waals surface area contributed by atoms with Gasteiger partial charge in [-0.3, -0.25) is 0 Å². The molecule has 2 aromatic rings. The van der Waals surface area contributed by atoms with Crippen molar-refractivity contribution < 1.29 is 0 Å². The van der Waals surface area contributed by atoms with E-state index in [2.05, 4.69) is 29.6 Å². The summed E-state index contributed by atoms with van der Waals surface area (Å²) in [6.07, 6.45) is 3.28. The quantitative estimate of drug-likeness (QED) is 0.838. The second-order valence-electron chi connectivity index (χ2n) is 3.78. The predicted molar refractivity (Wildman–Crippen MR) is 71.2 cm³/mol. The second kappa shape index (κ2) is 5.75. The lowest BCUT2D eigenvalue weighted by Crippen LogP contribution is -2.17. The molecule has 0 saturated heterocycles. The Morgan fingerprint density at radius 1 is 0.824 bits per heavy atom. The van der Waals surface area contributed by atoms with Gasteiger partial charge in [0.25, 0.3) is 0 Å². The van der Waals surface area contributed by atoms with Crippen molar-refractivity contribution in [1.82, 2.24) is 5.32 Å². The van der Waals surface area contributed by atoms with Gasteiger partial charge in [0.05, 0.1) is 6.04 Å². The van der Waals surface area contributed by atoms with E-state index >= 15 is 0 Å². The largest absolute Gasteiger partial charge is 0.403 e. The third-order valence-corrected chi connectivity index (χ3v) is 2.62. The fourth-order valence-corrected chi connectivity index (χ4v) is 1.83. The number of nitrogens with one attached hydrogen (secondary N) is 1. The molecule has 0 bridgehead atoms. The SMILES string of the molecule is NC=CNC(c1ccccc1)c1ccccc1. The summed E-state index contributed by atoms with van der Waals surface area (Å²) < 4.78 is 0. The molecule has 0 saturated carbocycles. The summed E-state index contributed by atoms with van der Waals surface area (Å²) in [6.45, 7) is 0. The van der Waals surface area contributed by atoms with Gasteiger partial charge in [-0.05, 0) is 11.1 Å². The summed E-state index contributed by atoms with van der Waals surface area (Å²) in [6, 6.07) is 20.8. The highest BCUT2D eigenvalue weighted by atomic mass is 14.9. The summed E-state index contributed by atoms with van der Waals surface area (Å²) in [7, 11) is 0. The zero-order chi connectivity index (χ0) is 11.9. The van der Waals surface area contributed by atoms with Gasteiger partial charge in [-0.25, -0.2) is 0 Å². The van der Waals surface area contributed by atoms with Gasteiger partial charge in [0.1, 0.15) is 0 Å². The van der Waals surface area contributed by atoms with Gasteiger partial charge in [0, 0.05) is 12.4 Å². The van der Waals surface area contributed by atoms with Crippen molar-refractivity contribution in [1.29, 1.82) is 0 Å². The summed E-state index contributed by atoms with van der Waals surface area (Å²) >= 11 is 0. The Bertz CT molecular complexity index is 423. The van der Waals surface area contributed by atoms with E-state index < -0.39 is 0 Å². The lowest BCUT2D eigenvalue weighted by molar-refractivity contribution is 0.728. The van der Waals surface area contributed by atoms with Crippen molar-refractivity contribution in [2.24, 2.45) is 5.73 Å². The topological polar surface area (TPSA) is 38.0 Å². The van der Waals surface area contributed by atoms with E-state index in [4.69, 9.17) is 5.73 Å². The summed E-state index contributed by atoms with van der Waals surface area (Å²) in [4.78, 5) is 0. The molecule has 2 aromatic carbocycles. The minimum absolute atomic E-state index is 0.136. The maximum Gasteiger partial charge on any atom is 0.0763 e. The van der Waals surface area contributed by atoms with Crippen LogP contribution in [0, 0.1) is 0 Å². The Morgan fingerprint density at radius 3 is 1.71 bits per heavy atom. The molecular weight excluding hydrogens is 208 g/mol. The molecule has 0 fully saturated rings. The average Bonchev–Trinajstić information content (AvgIpc) is 2.42. The first kappa shape index (κ1) is 11.3. The van der Waals surface area contributed by atoms with Crippen molar-refractivity contribution in [3.05, 3.63) is 84.2 Å². The minimum atomic E-state index is 0.136. The van der Waals surface area contributed by atoms with E-state index in [1.54, 1.807) is 6.20 Å². The fraction of sp³-hybridized carbons (Fsp3) is 0.0667. The Hall–Kier alpha value is -2.22. The molecule has 0 unspecified atom stereocenters. The maximum absolute atomic E-state index is 5.39. The summed E-state index contributed by atoms with van der Waals surface area (Å²) in [5, 5.41) is 3.30. The van der Waals surface area contributed by atoms with Crippen LogP contribution in [0.4, 0.5) is 0 Å². The van der Waals surface area contributed by atoms with Crippen LogP contribution in [0.2, 0.25) is 0 Å². The number of hydrogen-bond acceptors (Lipinski definition) is 2. The highest BCUT2D eigenvalue weighted by Crippen LogP contribution is 2.21. The van der Waals surface area contributed by atoms with Gasteiger partial charge in [-0.15, -0.1) is 0 Å². The molecule has 0 aromatic heterocycles. The molecule has 0 amide bonds. The van der Waals surface area contributed by atoms with Crippen LogP contribution in [0.1, 0.15) is 17.2 Å². The molecule has 0 atom stereocenters. The van der Waals surface area contributed by atoms with Crippen molar-refractivity contribution in [3.63, 3.8) is 0 Å². The molecule has 0 aliphatic carbocycles. The highest BCUT2D eigenvalue weighted by Gasteiger charge is 2.10. The molecule has 0 heterocycles. The maximum atomic E-state index is 5.39. The van der Waals surface area contributed by atoms with Crippen molar-refractivity contribution >= 4 is 0 Å². The molecule has 0 radical (unpaired) electrons. The third-order valence-electron chi connectivity index (χ3n) is 2.62. The van der Waals surface area contributed by atoms with E-state index in [1.807, 2.05) is 36.4 Å². The Morgan fingerprint density at radius 2 is 1.29 bits per heavy atom. The molecule has 17 heavy (non-hydrogen) atoms. The van der Waals surface area contributed by atoms with Crippen LogP contribution in [0.25, 0.3) is 0 Å². The molecule has 0 aliphatic rings. The van der Waals surface area contributed by atoms with Gasteiger partial charge in [-0.1, -0.05) is 60.7 Å². The van der Waals surface area contributed by atoms with Crippen LogP contribution in [0.15, 0.2) is 73.1 Å². The molecular formula is C15H16N2. The third kappa shape index (κ3) is 2.88. The molecule has 3 N–H and O–H groups in total. The van der Waals surface area contributed by atoms with E-state index in [0.29, 0.717) is 0 Å². The van der Waals surface area contributed by atoms with Crippen molar-refractivity contribution in [3.8, 4) is 0 Å². The zero-order valence-electron chi connectivity index (χ0n) is 9.58. The van der Waals surface area contributed by atoms with E-state index in [-0.39, 0.29) is 6.04 Å². The van der Waals surface area contributed by atoms with Crippen molar-refractivity contribution in [2.45, 2.75) is 6.04 Å². The molecule has 0 aliphatic heterocycles. The zero-order valence-corrected chi connectivity index (χ0v) is 9.58. The van der Waals surface area contributed by atoms with Gasteiger partial charge < -0.3 is 11.1 Å². The van der Waals surface area contributed by atoms with Gasteiger partial charge in [-0.2, -0.15) is 0 Å². The van der Waals surface area contributed by atoms with Crippen LogP contribution >= 0.6 is 0 Å². The Kier molecular flexibility index (Phi) is 3.81. The molecule has 86 valence electrons. The van der Waals surface area contributed by atoms with E-state index in [9.17, 15) is 0 Å². The summed E-state index contributed by atoms with van der Waals surface area (Å²) in [5.74, 6) is 0. The van der Waals surface area contributed by atoms with Crippen LogP contribution in [-0.2, 0) is 0 Å². The fourth-order valence-electron chi connectivity index (χ4n) is 1.83. The van der Waals surface area contributed by atoms with Crippen LogP contribution in [-0.4, -0.2) is 0 Å².